The maximum absolute atomic E-state index is 11.5. The molecule has 28 heavy (non-hydrogen) atoms. The normalized spacial score (nSPS) is 15.7. The lowest BCUT2D eigenvalue weighted by Crippen LogP contribution is -2.48. The van der Waals surface area contributed by atoms with Crippen LogP contribution in [0.2, 0.25) is 0 Å². The molecule has 1 amide bonds. The Morgan fingerprint density at radius 2 is 2.14 bits per heavy atom. The van der Waals surface area contributed by atoms with E-state index in [1.54, 1.807) is 7.05 Å². The zero-order chi connectivity index (χ0) is 20.2. The second-order valence-corrected chi connectivity index (χ2v) is 6.82. The molecule has 2 rings (SSSR count). The van der Waals surface area contributed by atoms with E-state index >= 15 is 0 Å². The van der Waals surface area contributed by atoms with Crippen LogP contribution in [0.15, 0.2) is 41.9 Å². The van der Waals surface area contributed by atoms with E-state index in [-0.39, 0.29) is 12.5 Å². The minimum atomic E-state index is -0.116. The Bertz CT molecular complexity index is 654. The van der Waals surface area contributed by atoms with Gasteiger partial charge in [-0.1, -0.05) is 18.2 Å². The van der Waals surface area contributed by atoms with Crippen LogP contribution in [0.5, 0.6) is 5.75 Å². The van der Waals surface area contributed by atoms with Crippen LogP contribution >= 0.6 is 0 Å². The quantitative estimate of drug-likeness (QED) is 0.340. The van der Waals surface area contributed by atoms with Crippen molar-refractivity contribution in [2.75, 3.05) is 39.8 Å². The molecule has 1 saturated heterocycles. The monoisotopic (exact) mass is 387 g/mol. The van der Waals surface area contributed by atoms with E-state index in [9.17, 15) is 4.79 Å². The Labute approximate surface area is 168 Å². The van der Waals surface area contributed by atoms with Crippen molar-refractivity contribution in [3.05, 3.63) is 42.5 Å². The third kappa shape index (κ3) is 7.60. The lowest BCUT2D eigenvalue weighted by Gasteiger charge is -2.32. The van der Waals surface area contributed by atoms with E-state index < -0.39 is 0 Å². The number of hydrogen-bond donors (Lipinski definition) is 3. The Hall–Kier alpha value is -2.54. The number of amides is 1. The first-order chi connectivity index (χ1) is 13.6. The van der Waals surface area contributed by atoms with Crippen LogP contribution in [0.3, 0.4) is 0 Å². The van der Waals surface area contributed by atoms with E-state index in [1.165, 1.54) is 0 Å². The summed E-state index contributed by atoms with van der Waals surface area (Å²) in [5.41, 5.74) is 1.07. The fourth-order valence-electron chi connectivity index (χ4n) is 3.16. The summed E-state index contributed by atoms with van der Waals surface area (Å²) < 4.78 is 5.55. The fourth-order valence-corrected chi connectivity index (χ4v) is 3.16. The van der Waals surface area contributed by atoms with Gasteiger partial charge in [-0.25, -0.2) is 0 Å². The average Bonchev–Trinajstić information content (AvgIpc) is 2.71. The number of aliphatic imine (C=N–C) groups is 1. The Kier molecular flexibility index (Phi) is 9.34. The number of ether oxygens (including phenoxy) is 1. The van der Waals surface area contributed by atoms with E-state index in [0.717, 1.165) is 44.0 Å². The van der Waals surface area contributed by atoms with Crippen LogP contribution in [0.4, 0.5) is 0 Å². The van der Waals surface area contributed by atoms with Gasteiger partial charge >= 0.3 is 0 Å². The molecular weight excluding hydrogens is 354 g/mol. The summed E-state index contributed by atoms with van der Waals surface area (Å²) in [7, 11) is 1.79. The first kappa shape index (κ1) is 21.8. The molecule has 7 heteroatoms. The van der Waals surface area contributed by atoms with E-state index in [2.05, 4.69) is 32.4 Å². The summed E-state index contributed by atoms with van der Waals surface area (Å²) in [6.45, 7) is 10.1. The molecule has 0 spiro atoms. The van der Waals surface area contributed by atoms with Crippen LogP contribution in [0.25, 0.3) is 0 Å². The smallest absolute Gasteiger partial charge is 0.257 e. The van der Waals surface area contributed by atoms with Gasteiger partial charge in [0.2, 0.25) is 0 Å². The third-order valence-electron chi connectivity index (χ3n) is 4.64. The van der Waals surface area contributed by atoms with Gasteiger partial charge in [-0.3, -0.25) is 14.7 Å². The van der Waals surface area contributed by atoms with Gasteiger partial charge in [-0.15, -0.1) is 6.58 Å². The number of piperidine rings is 1. The van der Waals surface area contributed by atoms with Gasteiger partial charge in [-0.05, 0) is 37.5 Å². The van der Waals surface area contributed by atoms with Crippen molar-refractivity contribution in [3.8, 4) is 5.75 Å². The summed E-state index contributed by atoms with van der Waals surface area (Å²) >= 11 is 0. The van der Waals surface area contributed by atoms with Gasteiger partial charge in [0, 0.05) is 45.8 Å². The largest absolute Gasteiger partial charge is 0.484 e. The molecule has 0 bridgehead atoms. The second kappa shape index (κ2) is 12.0. The summed E-state index contributed by atoms with van der Waals surface area (Å²) in [6, 6.07) is 8.17. The number of carbonyl (C=O) groups excluding carboxylic acids is 1. The van der Waals surface area contributed by atoms with Crippen LogP contribution in [0, 0.1) is 0 Å². The summed E-state index contributed by atoms with van der Waals surface area (Å²) in [6.07, 6.45) is 4.15. The molecule has 1 aromatic carbocycles. The minimum Gasteiger partial charge on any atom is -0.484 e. The van der Waals surface area contributed by atoms with Gasteiger partial charge in [-0.2, -0.15) is 0 Å². The number of carbonyl (C=O) groups is 1. The zero-order valence-electron chi connectivity index (χ0n) is 17.0. The molecule has 1 aromatic rings. The van der Waals surface area contributed by atoms with Crippen LogP contribution in [-0.4, -0.2) is 62.6 Å². The molecule has 0 saturated carbocycles. The highest BCUT2D eigenvalue weighted by molar-refractivity contribution is 5.80. The summed E-state index contributed by atoms with van der Waals surface area (Å²) in [5.74, 6) is 1.37. The highest BCUT2D eigenvalue weighted by Gasteiger charge is 2.19. The van der Waals surface area contributed by atoms with Crippen molar-refractivity contribution < 1.29 is 9.53 Å². The van der Waals surface area contributed by atoms with E-state index in [4.69, 9.17) is 4.74 Å². The molecule has 1 heterocycles. The number of rotatable bonds is 9. The summed E-state index contributed by atoms with van der Waals surface area (Å²) in [4.78, 5) is 18.3. The molecule has 7 nitrogen and oxygen atoms in total. The van der Waals surface area contributed by atoms with Crippen LogP contribution in [0.1, 0.15) is 25.3 Å². The van der Waals surface area contributed by atoms with Gasteiger partial charge in [0.1, 0.15) is 5.75 Å². The topological polar surface area (TPSA) is 78.0 Å². The maximum atomic E-state index is 11.5. The molecule has 0 aliphatic carbocycles. The predicted octanol–water partition coefficient (Wildman–Crippen LogP) is 1.52. The fraction of sp³-hybridized carbons (Fsp3) is 0.524. The molecule has 1 aliphatic rings. The Morgan fingerprint density at radius 1 is 1.36 bits per heavy atom. The number of hydrogen-bond acceptors (Lipinski definition) is 4. The van der Waals surface area contributed by atoms with E-state index in [1.807, 2.05) is 37.3 Å². The van der Waals surface area contributed by atoms with Crippen molar-refractivity contribution in [3.63, 3.8) is 0 Å². The van der Waals surface area contributed by atoms with Crippen molar-refractivity contribution in [1.29, 1.82) is 0 Å². The molecule has 0 atom stereocenters. The summed E-state index contributed by atoms with van der Waals surface area (Å²) in [5, 5.41) is 9.58. The lowest BCUT2D eigenvalue weighted by atomic mass is 10.1. The van der Waals surface area contributed by atoms with Crippen molar-refractivity contribution >= 4 is 11.9 Å². The van der Waals surface area contributed by atoms with Crippen molar-refractivity contribution in [1.82, 2.24) is 20.9 Å². The third-order valence-corrected chi connectivity index (χ3v) is 4.64. The SMILES string of the molecule is C=CCN1CCC(NC(=NC)NCc2cccc(OCC(=O)NCC)c2)CC1. The molecule has 0 unspecified atom stereocenters. The Balaban J connectivity index is 1.78. The number of likely N-dealkylation sites (N-methyl/N-ethyl adjacent to an activating group) is 1. The standard InChI is InChI=1S/C21H33N5O2/c1-4-11-26-12-9-18(10-13-26)25-21(22-3)24-15-17-7-6-8-19(14-17)28-16-20(27)23-5-2/h4,6-8,14,18H,1,5,9-13,15-16H2,2-3H3,(H,23,27)(H2,22,24,25). The predicted molar refractivity (Wildman–Crippen MR) is 114 cm³/mol. The molecule has 0 aromatic heterocycles. The van der Waals surface area contributed by atoms with Gasteiger partial charge in [0.05, 0.1) is 0 Å². The Morgan fingerprint density at radius 3 is 2.82 bits per heavy atom. The molecule has 0 radical (unpaired) electrons. The maximum Gasteiger partial charge on any atom is 0.257 e. The van der Waals surface area contributed by atoms with Gasteiger partial charge < -0.3 is 20.7 Å². The molecular formula is C21H33N5O2. The van der Waals surface area contributed by atoms with Gasteiger partial charge in [0.15, 0.2) is 12.6 Å². The number of likely N-dealkylation sites (tertiary alicyclic amines) is 1. The van der Waals surface area contributed by atoms with Gasteiger partial charge in [0.25, 0.3) is 5.91 Å². The number of nitrogens with one attached hydrogen (secondary N) is 3. The van der Waals surface area contributed by atoms with Crippen LogP contribution < -0.4 is 20.7 Å². The zero-order valence-corrected chi connectivity index (χ0v) is 17.0. The minimum absolute atomic E-state index is 0.0263. The van der Waals surface area contributed by atoms with E-state index in [0.29, 0.717) is 24.9 Å². The number of guanidine groups is 1. The van der Waals surface area contributed by atoms with Crippen molar-refractivity contribution in [2.45, 2.75) is 32.4 Å². The highest BCUT2D eigenvalue weighted by Crippen LogP contribution is 2.13. The molecule has 3 N–H and O–H groups in total. The molecule has 154 valence electrons. The highest BCUT2D eigenvalue weighted by atomic mass is 16.5. The molecule has 1 aliphatic heterocycles. The number of benzene rings is 1. The number of nitrogens with zero attached hydrogens (tertiary/aromatic N) is 2. The molecule has 1 fully saturated rings. The van der Waals surface area contributed by atoms with Crippen molar-refractivity contribution in [2.24, 2.45) is 4.99 Å². The second-order valence-electron chi connectivity index (χ2n) is 6.82. The first-order valence-corrected chi connectivity index (χ1v) is 9.93. The average molecular weight is 388 g/mol. The van der Waals surface area contributed by atoms with Crippen LogP contribution in [-0.2, 0) is 11.3 Å². The first-order valence-electron chi connectivity index (χ1n) is 9.93. The lowest BCUT2D eigenvalue weighted by molar-refractivity contribution is -0.122.